The first-order valence-corrected chi connectivity index (χ1v) is 9.18. The molecule has 150 valence electrons. The molecule has 0 bridgehead atoms. The van der Waals surface area contributed by atoms with Crippen LogP contribution in [0.3, 0.4) is 0 Å². The summed E-state index contributed by atoms with van der Waals surface area (Å²) in [5, 5.41) is 4.43. The van der Waals surface area contributed by atoms with Crippen molar-refractivity contribution in [3.05, 3.63) is 64.5 Å². The Labute approximate surface area is 169 Å². The number of hydrogen-bond acceptors (Lipinski definition) is 4. The minimum absolute atomic E-state index is 0.0883. The number of amides is 1. The third-order valence-electron chi connectivity index (χ3n) is 4.92. The van der Waals surface area contributed by atoms with E-state index in [-0.39, 0.29) is 30.0 Å². The number of hydrogen-bond donors (Lipinski definition) is 0. The van der Waals surface area contributed by atoms with Crippen LogP contribution in [0.4, 0.5) is 18.9 Å². The maximum atomic E-state index is 12.7. The maximum Gasteiger partial charge on any atom is 0.416 e. The van der Waals surface area contributed by atoms with Crippen molar-refractivity contribution in [3.63, 3.8) is 0 Å². The highest BCUT2D eigenvalue weighted by Crippen LogP contribution is 2.35. The van der Waals surface area contributed by atoms with Crippen molar-refractivity contribution in [2.75, 3.05) is 11.4 Å². The molecule has 1 saturated heterocycles. The van der Waals surface area contributed by atoms with Gasteiger partial charge < -0.3 is 9.42 Å². The molecular formula is C20H15ClF3N3O2. The molecule has 29 heavy (non-hydrogen) atoms. The summed E-state index contributed by atoms with van der Waals surface area (Å²) in [7, 11) is 0. The van der Waals surface area contributed by atoms with Gasteiger partial charge in [0.2, 0.25) is 17.6 Å². The van der Waals surface area contributed by atoms with Crippen LogP contribution in [-0.2, 0) is 11.0 Å². The lowest BCUT2D eigenvalue weighted by atomic mass is 10.1. The van der Waals surface area contributed by atoms with Crippen LogP contribution in [0, 0.1) is 6.92 Å². The Kier molecular flexibility index (Phi) is 4.82. The van der Waals surface area contributed by atoms with Gasteiger partial charge in [0.05, 0.1) is 11.5 Å². The van der Waals surface area contributed by atoms with E-state index in [4.69, 9.17) is 16.1 Å². The number of anilines is 1. The monoisotopic (exact) mass is 421 g/mol. The van der Waals surface area contributed by atoms with Crippen molar-refractivity contribution in [1.29, 1.82) is 0 Å². The van der Waals surface area contributed by atoms with Gasteiger partial charge in [0.1, 0.15) is 0 Å². The maximum absolute atomic E-state index is 12.7. The smallest absolute Gasteiger partial charge is 0.339 e. The Hall–Kier alpha value is -2.87. The number of halogens is 4. The van der Waals surface area contributed by atoms with Gasteiger partial charge in [-0.05, 0) is 36.8 Å². The predicted octanol–water partition coefficient (Wildman–Crippen LogP) is 5.24. The van der Waals surface area contributed by atoms with Gasteiger partial charge in [-0.15, -0.1) is 0 Å². The van der Waals surface area contributed by atoms with Gasteiger partial charge in [-0.25, -0.2) is 0 Å². The number of aromatic nitrogens is 2. The van der Waals surface area contributed by atoms with Crippen LogP contribution in [0.25, 0.3) is 11.4 Å². The second-order valence-electron chi connectivity index (χ2n) is 6.82. The summed E-state index contributed by atoms with van der Waals surface area (Å²) < 4.78 is 43.4. The molecule has 1 amide bonds. The lowest BCUT2D eigenvalue weighted by molar-refractivity contribution is -0.137. The molecule has 1 fully saturated rings. The molecule has 4 rings (SSSR count). The molecular weight excluding hydrogens is 407 g/mol. The summed E-state index contributed by atoms with van der Waals surface area (Å²) in [5.74, 6) is 0.0558. The number of benzene rings is 2. The van der Waals surface area contributed by atoms with Gasteiger partial charge in [0.15, 0.2) is 0 Å². The average Bonchev–Trinajstić information content (AvgIpc) is 3.30. The fraction of sp³-hybridized carbons (Fsp3) is 0.250. The van der Waals surface area contributed by atoms with E-state index in [0.29, 0.717) is 17.1 Å². The van der Waals surface area contributed by atoms with E-state index >= 15 is 0 Å². The summed E-state index contributed by atoms with van der Waals surface area (Å²) >= 11 is 6.15. The van der Waals surface area contributed by atoms with Crippen molar-refractivity contribution >= 4 is 23.2 Å². The van der Waals surface area contributed by atoms with Crippen LogP contribution in [0.5, 0.6) is 0 Å². The van der Waals surface area contributed by atoms with Crippen LogP contribution in [0.2, 0.25) is 5.02 Å². The number of alkyl halides is 3. The van der Waals surface area contributed by atoms with Gasteiger partial charge in [0, 0.05) is 29.2 Å². The fourth-order valence-electron chi connectivity index (χ4n) is 3.32. The van der Waals surface area contributed by atoms with Gasteiger partial charge in [0.25, 0.3) is 0 Å². The molecule has 0 saturated carbocycles. The minimum atomic E-state index is -4.41. The predicted molar refractivity (Wildman–Crippen MR) is 101 cm³/mol. The standard InChI is InChI=1S/C20H15ClF3N3O2/c1-11-15(21)3-2-4-16(11)27-10-13(9-17(27)28)19-25-18(26-29-19)12-5-7-14(8-6-12)20(22,23)24/h2-8,13H,9-10H2,1H3. The van der Waals surface area contributed by atoms with Gasteiger partial charge >= 0.3 is 6.18 Å². The number of carbonyl (C=O) groups excluding carboxylic acids is 1. The van der Waals surface area contributed by atoms with E-state index in [9.17, 15) is 18.0 Å². The molecule has 2 heterocycles. The summed E-state index contributed by atoms with van der Waals surface area (Å²) in [6.07, 6.45) is -4.21. The second-order valence-corrected chi connectivity index (χ2v) is 7.23. The van der Waals surface area contributed by atoms with E-state index in [1.54, 1.807) is 17.0 Å². The van der Waals surface area contributed by atoms with Gasteiger partial charge in [-0.1, -0.05) is 35.0 Å². The Morgan fingerprint density at radius 2 is 1.90 bits per heavy atom. The molecule has 1 aromatic heterocycles. The molecule has 0 spiro atoms. The van der Waals surface area contributed by atoms with Crippen molar-refractivity contribution < 1.29 is 22.5 Å². The zero-order valence-corrected chi connectivity index (χ0v) is 16.0. The summed E-state index contributed by atoms with van der Waals surface area (Å²) in [4.78, 5) is 18.4. The van der Waals surface area contributed by atoms with E-state index < -0.39 is 11.7 Å². The number of nitrogens with zero attached hydrogens (tertiary/aromatic N) is 3. The van der Waals surface area contributed by atoms with E-state index in [0.717, 1.165) is 23.4 Å². The lowest BCUT2D eigenvalue weighted by Crippen LogP contribution is -2.25. The van der Waals surface area contributed by atoms with E-state index in [1.165, 1.54) is 12.1 Å². The molecule has 1 aliphatic heterocycles. The molecule has 5 nitrogen and oxygen atoms in total. The molecule has 0 N–H and O–H groups in total. The van der Waals surface area contributed by atoms with Crippen LogP contribution in [-0.4, -0.2) is 22.6 Å². The molecule has 1 atom stereocenters. The normalized spacial score (nSPS) is 17.2. The largest absolute Gasteiger partial charge is 0.416 e. The van der Waals surface area contributed by atoms with Crippen LogP contribution >= 0.6 is 11.6 Å². The quantitative estimate of drug-likeness (QED) is 0.580. The van der Waals surface area contributed by atoms with Crippen LogP contribution in [0.15, 0.2) is 47.0 Å². The van der Waals surface area contributed by atoms with Crippen molar-refractivity contribution in [1.82, 2.24) is 10.1 Å². The van der Waals surface area contributed by atoms with E-state index in [2.05, 4.69) is 10.1 Å². The second kappa shape index (κ2) is 7.18. The van der Waals surface area contributed by atoms with E-state index in [1.807, 2.05) is 13.0 Å². The highest BCUT2D eigenvalue weighted by molar-refractivity contribution is 6.31. The Balaban J connectivity index is 1.54. The Morgan fingerprint density at radius 3 is 2.59 bits per heavy atom. The SMILES string of the molecule is Cc1c(Cl)cccc1N1CC(c2nc(-c3ccc(C(F)(F)F)cc3)no2)CC1=O. The summed E-state index contributed by atoms with van der Waals surface area (Å²) in [6, 6.07) is 9.87. The molecule has 0 aliphatic carbocycles. The van der Waals surface area contributed by atoms with Crippen LogP contribution < -0.4 is 4.90 Å². The molecule has 1 unspecified atom stereocenters. The van der Waals surface area contributed by atoms with Crippen LogP contribution in [0.1, 0.15) is 29.4 Å². The summed E-state index contributed by atoms with van der Waals surface area (Å²) in [5.41, 5.74) is 1.19. The average molecular weight is 422 g/mol. The Bertz CT molecular complexity index is 1060. The first kappa shape index (κ1) is 19.4. The molecule has 9 heteroatoms. The minimum Gasteiger partial charge on any atom is -0.339 e. The summed E-state index contributed by atoms with van der Waals surface area (Å²) in [6.45, 7) is 2.20. The number of carbonyl (C=O) groups is 1. The first-order valence-electron chi connectivity index (χ1n) is 8.81. The lowest BCUT2D eigenvalue weighted by Gasteiger charge is -2.19. The molecule has 3 aromatic rings. The van der Waals surface area contributed by atoms with Gasteiger partial charge in [-0.3, -0.25) is 4.79 Å². The Morgan fingerprint density at radius 1 is 1.17 bits per heavy atom. The topological polar surface area (TPSA) is 59.2 Å². The third kappa shape index (κ3) is 3.72. The highest BCUT2D eigenvalue weighted by Gasteiger charge is 2.36. The van der Waals surface area contributed by atoms with Crippen molar-refractivity contribution in [3.8, 4) is 11.4 Å². The molecule has 0 radical (unpaired) electrons. The fourth-order valence-corrected chi connectivity index (χ4v) is 3.49. The highest BCUT2D eigenvalue weighted by atomic mass is 35.5. The van der Waals surface area contributed by atoms with Crippen molar-refractivity contribution in [2.45, 2.75) is 25.4 Å². The molecule has 2 aromatic carbocycles. The number of rotatable bonds is 3. The zero-order valence-electron chi connectivity index (χ0n) is 15.2. The first-order chi connectivity index (χ1) is 13.7. The third-order valence-corrected chi connectivity index (χ3v) is 5.33. The molecule has 1 aliphatic rings. The van der Waals surface area contributed by atoms with Gasteiger partial charge in [-0.2, -0.15) is 18.2 Å². The van der Waals surface area contributed by atoms with Crippen molar-refractivity contribution in [2.24, 2.45) is 0 Å². The zero-order chi connectivity index (χ0) is 20.8.